The molecule has 19 heteroatoms. The van der Waals surface area contributed by atoms with Gasteiger partial charge in [-0.2, -0.15) is 10.5 Å². The van der Waals surface area contributed by atoms with Crippen LogP contribution in [0, 0.1) is 45.8 Å². The number of hydrogen-bond donors (Lipinski definition) is 4. The van der Waals surface area contributed by atoms with Gasteiger partial charge in [0, 0.05) is 74.8 Å². The summed E-state index contributed by atoms with van der Waals surface area (Å²) in [6.45, 7) is 20.9. The van der Waals surface area contributed by atoms with Crippen LogP contribution >= 0.6 is 22.9 Å². The van der Waals surface area contributed by atoms with E-state index in [1.807, 2.05) is 110 Å². The third-order valence-electron chi connectivity index (χ3n) is 14.2. The minimum Gasteiger partial charge on any atom is -0.489 e. The van der Waals surface area contributed by atoms with Gasteiger partial charge in [0.2, 0.25) is 17.7 Å². The van der Waals surface area contributed by atoms with Gasteiger partial charge in [-0.05, 0) is 48.6 Å². The highest BCUT2D eigenvalue weighted by atomic mass is 35.5. The lowest BCUT2D eigenvalue weighted by atomic mass is 9.49. The number of aromatic nitrogens is 2. The van der Waals surface area contributed by atoms with Crippen LogP contribution in [0.5, 0.6) is 5.75 Å². The standard InChI is InChI=1S/C53H65ClN10O7S/c1-31(33-10-12-34(13-11-33)44-32(2)58-30-72-44)59-47(68)41-23-37(65)28-64(41)48(69)45(51(3,4)5)60-43(66)29-70-21-20-62-16-18-63(19-17-62)42-15-14-35(27-57-42)46(67)61-49-52(6,7)50(53(49,8)9)71-38-22-36(25-55)39(26-56)40(54)24-38/h10-15,22,24,27,30-31,37,41,45,49-50,65H,16-21,23,28-29H2,1-9H3,(H,59,68)(H,60,66)(H,61,67)/t31-,37+,41-,45+,49-,50-/m0/s1. The second-order valence-electron chi connectivity index (χ2n) is 21.3. The predicted molar refractivity (Wildman–Crippen MR) is 274 cm³/mol. The summed E-state index contributed by atoms with van der Waals surface area (Å²) in [5, 5.41) is 38.8. The number of aliphatic hydroxyl groups excluding tert-OH is 1. The van der Waals surface area contributed by atoms with E-state index in [4.69, 9.17) is 21.1 Å². The number of rotatable bonds is 16. The average Bonchev–Trinajstić information content (AvgIpc) is 3.97. The number of likely N-dealkylation sites (tertiary alicyclic amines) is 1. The van der Waals surface area contributed by atoms with Gasteiger partial charge in [0.25, 0.3) is 5.91 Å². The molecule has 2 saturated heterocycles. The van der Waals surface area contributed by atoms with E-state index in [-0.39, 0.29) is 65.7 Å². The van der Waals surface area contributed by atoms with Crippen LogP contribution in [-0.2, 0) is 19.1 Å². The average molecular weight is 1020 g/mol. The molecule has 1 aliphatic carbocycles. The molecule has 0 bridgehead atoms. The largest absolute Gasteiger partial charge is 0.489 e. The first-order chi connectivity index (χ1) is 34.0. The summed E-state index contributed by atoms with van der Waals surface area (Å²) in [5.41, 5.74) is 3.68. The van der Waals surface area contributed by atoms with Crippen LogP contribution in [0.4, 0.5) is 5.82 Å². The third-order valence-corrected chi connectivity index (χ3v) is 15.5. The summed E-state index contributed by atoms with van der Waals surface area (Å²) >= 11 is 7.86. The molecule has 0 unspecified atom stereocenters. The number of nitriles is 2. The molecule has 17 nitrogen and oxygen atoms in total. The van der Waals surface area contributed by atoms with Crippen molar-refractivity contribution in [3.05, 3.63) is 93.2 Å². The van der Waals surface area contributed by atoms with E-state index in [1.54, 1.807) is 29.7 Å². The Morgan fingerprint density at radius 1 is 0.972 bits per heavy atom. The van der Waals surface area contributed by atoms with E-state index < -0.39 is 46.2 Å². The van der Waals surface area contributed by atoms with Gasteiger partial charge >= 0.3 is 0 Å². The molecule has 3 fully saturated rings. The zero-order chi connectivity index (χ0) is 52.3. The second kappa shape index (κ2) is 21.9. The van der Waals surface area contributed by atoms with Crippen molar-refractivity contribution in [1.82, 2.24) is 35.7 Å². The number of β-amino-alcohol motifs (C(OH)–C–C–N with tert-alkyl or cyclic N) is 1. The van der Waals surface area contributed by atoms with E-state index in [9.17, 15) is 34.8 Å². The maximum Gasteiger partial charge on any atom is 0.253 e. The van der Waals surface area contributed by atoms with Crippen molar-refractivity contribution >= 4 is 52.4 Å². The predicted octanol–water partition coefficient (Wildman–Crippen LogP) is 6.03. The van der Waals surface area contributed by atoms with Crippen LogP contribution in [-0.4, -0.2) is 131 Å². The molecule has 2 aromatic heterocycles. The van der Waals surface area contributed by atoms with Crippen molar-refractivity contribution in [3.63, 3.8) is 0 Å². The number of anilines is 1. The van der Waals surface area contributed by atoms with Crippen molar-refractivity contribution in [1.29, 1.82) is 10.5 Å². The molecule has 0 spiro atoms. The highest BCUT2D eigenvalue weighted by molar-refractivity contribution is 7.13. The summed E-state index contributed by atoms with van der Waals surface area (Å²) in [7, 11) is 0. The van der Waals surface area contributed by atoms with Gasteiger partial charge in [-0.3, -0.25) is 24.1 Å². The number of pyridine rings is 1. The van der Waals surface area contributed by atoms with E-state index in [0.717, 1.165) is 40.6 Å². The highest BCUT2D eigenvalue weighted by Gasteiger charge is 2.64. The summed E-state index contributed by atoms with van der Waals surface area (Å²) in [6, 6.07) is 16.1. The number of amides is 4. The number of carbonyl (C=O) groups excluding carboxylic acids is 4. The number of aliphatic hydroxyl groups is 1. The topological polar surface area (TPSA) is 226 Å². The van der Waals surface area contributed by atoms with Gasteiger partial charge in [0.1, 0.15) is 48.5 Å². The monoisotopic (exact) mass is 1020 g/mol. The Hall–Kier alpha value is -6.15. The lowest BCUT2D eigenvalue weighted by Gasteiger charge is -2.63. The lowest BCUT2D eigenvalue weighted by Crippen LogP contribution is -2.74. The Labute approximate surface area is 430 Å². The fourth-order valence-corrected chi connectivity index (χ4v) is 11.5. The number of carbonyl (C=O) groups is 4. The molecule has 4 amide bonds. The molecule has 2 aromatic carbocycles. The fourth-order valence-electron chi connectivity index (χ4n) is 10.5. The van der Waals surface area contributed by atoms with Gasteiger partial charge in [-0.1, -0.05) is 84.3 Å². The molecule has 72 heavy (non-hydrogen) atoms. The van der Waals surface area contributed by atoms with Crippen molar-refractivity contribution in [2.24, 2.45) is 16.2 Å². The molecule has 4 atom stereocenters. The number of thiazole rings is 1. The quantitative estimate of drug-likeness (QED) is 0.0942. The van der Waals surface area contributed by atoms with E-state index in [0.29, 0.717) is 37.6 Å². The zero-order valence-corrected chi connectivity index (χ0v) is 44.0. The summed E-state index contributed by atoms with van der Waals surface area (Å²) in [5.74, 6) is -0.386. The molecular weight excluding hydrogens is 956 g/mol. The maximum absolute atomic E-state index is 14.1. The van der Waals surface area contributed by atoms with Crippen LogP contribution in [0.15, 0.2) is 60.2 Å². The molecule has 7 rings (SSSR count). The van der Waals surface area contributed by atoms with Gasteiger partial charge in [-0.25, -0.2) is 9.97 Å². The lowest BCUT2D eigenvalue weighted by molar-refractivity contribution is -0.164. The Morgan fingerprint density at radius 3 is 2.26 bits per heavy atom. The third kappa shape index (κ3) is 11.7. The number of hydrogen-bond acceptors (Lipinski definition) is 14. The van der Waals surface area contributed by atoms with Gasteiger partial charge in [-0.15, -0.1) is 11.3 Å². The van der Waals surface area contributed by atoms with E-state index in [2.05, 4.69) is 35.7 Å². The maximum atomic E-state index is 14.1. The van der Waals surface area contributed by atoms with E-state index >= 15 is 0 Å². The van der Waals surface area contributed by atoms with Crippen molar-refractivity contribution in [3.8, 4) is 28.3 Å². The number of halogens is 1. The molecule has 4 N–H and O–H groups in total. The van der Waals surface area contributed by atoms with Crippen LogP contribution in [0.2, 0.25) is 5.02 Å². The molecule has 0 radical (unpaired) electrons. The fraction of sp³-hybridized carbons (Fsp3) is 0.509. The van der Waals surface area contributed by atoms with Gasteiger partial charge in [0.05, 0.1) is 56.5 Å². The number of aryl methyl sites for hydroxylation is 1. The number of nitrogens with one attached hydrogen (secondary N) is 3. The number of piperazine rings is 1. The van der Waals surface area contributed by atoms with Crippen LogP contribution in [0.3, 0.4) is 0 Å². The number of benzene rings is 2. The smallest absolute Gasteiger partial charge is 0.253 e. The Bertz CT molecular complexity index is 2700. The normalized spacial score (nSPS) is 21.3. The Balaban J connectivity index is 0.836. The molecule has 3 aliphatic rings. The first-order valence-electron chi connectivity index (χ1n) is 24.2. The molecule has 4 heterocycles. The minimum absolute atomic E-state index is 0.0251. The summed E-state index contributed by atoms with van der Waals surface area (Å²) in [4.78, 5) is 70.5. The highest BCUT2D eigenvalue weighted by Crippen LogP contribution is 2.56. The minimum atomic E-state index is -0.974. The first kappa shape index (κ1) is 53.6. The van der Waals surface area contributed by atoms with Gasteiger partial charge < -0.3 is 40.3 Å². The van der Waals surface area contributed by atoms with Crippen LogP contribution in [0.1, 0.15) is 101 Å². The van der Waals surface area contributed by atoms with Crippen LogP contribution < -0.4 is 25.6 Å². The number of ether oxygens (including phenoxy) is 2. The zero-order valence-electron chi connectivity index (χ0n) is 42.4. The van der Waals surface area contributed by atoms with Crippen molar-refractivity contribution in [2.75, 3.05) is 57.4 Å². The van der Waals surface area contributed by atoms with Gasteiger partial charge in [0.15, 0.2) is 0 Å². The Morgan fingerprint density at radius 2 is 1.67 bits per heavy atom. The molecule has 4 aromatic rings. The van der Waals surface area contributed by atoms with Crippen molar-refractivity contribution < 1.29 is 33.8 Å². The molecular formula is C53H65ClN10O7S. The molecule has 2 aliphatic heterocycles. The SMILES string of the molecule is Cc1ncsc1-c1ccc([C@H](C)NC(=O)[C@@H]2C[C@@H](O)CN2C(=O)[C@@H](NC(=O)COCCN2CCN(c3ccc(C(=O)N[C@H]4C(C)(C)[C@H](Oc5cc(Cl)c(C#N)c(C#N)c5)C4(C)C)cn3)CC2)C(C)(C)C)cc1. The summed E-state index contributed by atoms with van der Waals surface area (Å²) in [6.07, 6.45) is 0.448. The Kier molecular flexibility index (Phi) is 16.3. The molecule has 1 saturated carbocycles. The summed E-state index contributed by atoms with van der Waals surface area (Å²) < 4.78 is 12.2. The number of nitrogens with zero attached hydrogens (tertiary/aromatic N) is 7. The van der Waals surface area contributed by atoms with Crippen LogP contribution in [0.25, 0.3) is 10.4 Å². The first-order valence-corrected chi connectivity index (χ1v) is 25.5. The second-order valence-corrected chi connectivity index (χ2v) is 22.5. The molecule has 382 valence electrons. The van der Waals surface area contributed by atoms with Crippen molar-refractivity contribution in [2.45, 2.75) is 105 Å². The van der Waals surface area contributed by atoms with E-state index in [1.165, 1.54) is 11.0 Å².